The first-order valence-corrected chi connectivity index (χ1v) is 7.05. The molecule has 0 saturated carbocycles. The van der Waals surface area contributed by atoms with Crippen LogP contribution in [0.4, 0.5) is 5.69 Å². The molecule has 0 fully saturated rings. The monoisotopic (exact) mass is 459 g/mol. The Morgan fingerprint density at radius 3 is 2.24 bits per heavy atom. The summed E-state index contributed by atoms with van der Waals surface area (Å²) in [6.45, 7) is 3.56. The average Bonchev–Trinajstić information content (AvgIpc) is 2.23. The Kier molecular flexibility index (Phi) is 5.63. The maximum absolute atomic E-state index is 11.6. The van der Waals surface area contributed by atoms with Crippen molar-refractivity contribution in [2.45, 2.75) is 13.8 Å². The van der Waals surface area contributed by atoms with Crippen molar-refractivity contribution in [1.29, 1.82) is 0 Å². The quantitative estimate of drug-likeness (QED) is 0.559. The van der Waals surface area contributed by atoms with Gasteiger partial charge in [-0.05, 0) is 64.2 Å². The van der Waals surface area contributed by atoms with Crippen molar-refractivity contribution in [3.63, 3.8) is 0 Å². The minimum Gasteiger partial charge on any atom is -0.462 e. The topological polar surface area (TPSA) is 55.4 Å². The summed E-state index contributed by atoms with van der Waals surface area (Å²) >= 11 is 4.16. The van der Waals surface area contributed by atoms with E-state index in [0.717, 1.165) is 12.8 Å². The molecule has 6 heteroatoms. The van der Waals surface area contributed by atoms with E-state index >= 15 is 0 Å². The van der Waals surface area contributed by atoms with Crippen molar-refractivity contribution in [3.05, 3.63) is 24.8 Å². The van der Waals surface area contributed by atoms with Gasteiger partial charge in [0.2, 0.25) is 5.91 Å². The molecule has 0 spiro atoms. The fourth-order valence-corrected chi connectivity index (χ4v) is 3.24. The van der Waals surface area contributed by atoms with Crippen LogP contribution in [0.5, 0.6) is 0 Å². The van der Waals surface area contributed by atoms with E-state index in [4.69, 9.17) is 4.74 Å². The number of benzene rings is 1. The normalized spacial score (nSPS) is 9.88. The predicted molar refractivity (Wildman–Crippen MR) is 82.1 cm³/mol. The molecule has 1 rings (SSSR count). The molecule has 0 aliphatic carbocycles. The largest absolute Gasteiger partial charge is 0.462 e. The van der Waals surface area contributed by atoms with Crippen LogP contribution in [-0.4, -0.2) is 18.5 Å². The van der Waals surface area contributed by atoms with Crippen molar-refractivity contribution in [3.8, 4) is 0 Å². The number of esters is 1. The van der Waals surface area contributed by atoms with Crippen LogP contribution in [0.3, 0.4) is 0 Å². The van der Waals surface area contributed by atoms with Gasteiger partial charge >= 0.3 is 5.97 Å². The lowest BCUT2D eigenvalue weighted by atomic mass is 10.2. The standard InChI is InChI=1S/C11H11I2NO3/c1-3-17-11(16)7-4-8(12)10(9(13)5-7)14-6(2)15/h4-5H,3H2,1-2H3,(H,14,15). The summed E-state index contributed by atoms with van der Waals surface area (Å²) in [5.74, 6) is -0.484. The Labute approximate surface area is 127 Å². The molecule has 0 saturated heterocycles. The molecule has 92 valence electrons. The van der Waals surface area contributed by atoms with Crippen molar-refractivity contribution >= 4 is 62.7 Å². The van der Waals surface area contributed by atoms with E-state index < -0.39 is 0 Å². The molecule has 0 bridgehead atoms. The van der Waals surface area contributed by atoms with Crippen molar-refractivity contribution in [2.24, 2.45) is 0 Å². The lowest BCUT2D eigenvalue weighted by molar-refractivity contribution is -0.114. The minimum atomic E-state index is -0.349. The van der Waals surface area contributed by atoms with Gasteiger partial charge in [-0.25, -0.2) is 4.79 Å². The maximum atomic E-state index is 11.6. The third-order valence-electron chi connectivity index (χ3n) is 1.85. The second-order valence-electron chi connectivity index (χ2n) is 3.22. The first-order valence-electron chi connectivity index (χ1n) is 4.89. The number of rotatable bonds is 3. The SMILES string of the molecule is CCOC(=O)c1cc(I)c(NC(C)=O)c(I)c1. The summed E-state index contributed by atoms with van der Waals surface area (Å²) in [5, 5.41) is 2.73. The molecule has 1 aromatic rings. The highest BCUT2D eigenvalue weighted by Crippen LogP contribution is 2.27. The van der Waals surface area contributed by atoms with Crippen LogP contribution in [0.15, 0.2) is 12.1 Å². The van der Waals surface area contributed by atoms with Gasteiger partial charge in [-0.1, -0.05) is 0 Å². The fraction of sp³-hybridized carbons (Fsp3) is 0.273. The van der Waals surface area contributed by atoms with Gasteiger partial charge in [0, 0.05) is 14.1 Å². The van der Waals surface area contributed by atoms with Crippen LogP contribution in [0, 0.1) is 7.14 Å². The van der Waals surface area contributed by atoms with Crippen LogP contribution in [0.1, 0.15) is 24.2 Å². The molecule has 0 unspecified atom stereocenters. The van der Waals surface area contributed by atoms with E-state index in [9.17, 15) is 9.59 Å². The number of anilines is 1. The zero-order valence-corrected chi connectivity index (χ0v) is 13.7. The first kappa shape index (κ1) is 14.7. The van der Waals surface area contributed by atoms with E-state index in [1.807, 2.05) is 0 Å². The summed E-state index contributed by atoms with van der Waals surface area (Å²) < 4.78 is 6.55. The number of nitrogens with one attached hydrogen (secondary N) is 1. The Balaban J connectivity index is 3.09. The molecule has 0 heterocycles. The molecule has 0 atom stereocenters. The molecule has 4 nitrogen and oxygen atoms in total. The lowest BCUT2D eigenvalue weighted by Gasteiger charge is -2.10. The van der Waals surface area contributed by atoms with Crippen LogP contribution >= 0.6 is 45.2 Å². The first-order chi connectivity index (χ1) is 7.95. The molecule has 17 heavy (non-hydrogen) atoms. The van der Waals surface area contributed by atoms with Gasteiger partial charge in [-0.3, -0.25) is 4.79 Å². The minimum absolute atomic E-state index is 0.135. The van der Waals surface area contributed by atoms with Crippen molar-refractivity contribution < 1.29 is 14.3 Å². The molecule has 0 aliphatic heterocycles. The summed E-state index contributed by atoms with van der Waals surface area (Å²) in [4.78, 5) is 22.6. The molecule has 0 radical (unpaired) electrons. The van der Waals surface area contributed by atoms with Gasteiger partial charge < -0.3 is 10.1 Å². The smallest absolute Gasteiger partial charge is 0.338 e. The van der Waals surface area contributed by atoms with Crippen LogP contribution < -0.4 is 5.32 Å². The van der Waals surface area contributed by atoms with Crippen molar-refractivity contribution in [2.75, 3.05) is 11.9 Å². The third kappa shape index (κ3) is 4.09. The van der Waals surface area contributed by atoms with Gasteiger partial charge in [-0.15, -0.1) is 0 Å². The molecule has 1 N–H and O–H groups in total. The van der Waals surface area contributed by atoms with E-state index in [0.29, 0.717) is 12.2 Å². The zero-order valence-electron chi connectivity index (χ0n) is 9.34. The number of amides is 1. The highest BCUT2D eigenvalue weighted by molar-refractivity contribution is 14.1. The van der Waals surface area contributed by atoms with E-state index in [2.05, 4.69) is 50.5 Å². The zero-order chi connectivity index (χ0) is 13.0. The summed E-state index contributed by atoms with van der Waals surface area (Å²) in [5.41, 5.74) is 1.22. The number of carbonyl (C=O) groups excluding carboxylic acids is 2. The average molecular weight is 459 g/mol. The highest BCUT2D eigenvalue weighted by Gasteiger charge is 2.13. The highest BCUT2D eigenvalue weighted by atomic mass is 127. The van der Waals surface area contributed by atoms with Gasteiger partial charge in [0.15, 0.2) is 0 Å². The Bertz CT molecular complexity index is 437. The number of ether oxygens (including phenoxy) is 1. The molecular formula is C11H11I2NO3. The second-order valence-corrected chi connectivity index (χ2v) is 5.54. The summed E-state index contributed by atoms with van der Waals surface area (Å²) in [6, 6.07) is 3.40. The number of hydrogen-bond acceptors (Lipinski definition) is 3. The predicted octanol–water partition coefficient (Wildman–Crippen LogP) is 3.03. The number of carbonyl (C=O) groups is 2. The number of halogens is 2. The third-order valence-corrected chi connectivity index (χ3v) is 3.56. The molecular weight excluding hydrogens is 448 g/mol. The fourth-order valence-electron chi connectivity index (χ4n) is 1.20. The number of hydrogen-bond donors (Lipinski definition) is 1. The summed E-state index contributed by atoms with van der Waals surface area (Å²) in [7, 11) is 0. The van der Waals surface area contributed by atoms with Crippen LogP contribution in [-0.2, 0) is 9.53 Å². The van der Waals surface area contributed by atoms with E-state index in [-0.39, 0.29) is 11.9 Å². The van der Waals surface area contributed by atoms with Crippen molar-refractivity contribution in [1.82, 2.24) is 0 Å². The van der Waals surface area contributed by atoms with Gasteiger partial charge in [0.1, 0.15) is 0 Å². The van der Waals surface area contributed by atoms with E-state index in [1.165, 1.54) is 6.92 Å². The Hall–Kier alpha value is -0.380. The molecule has 1 aromatic carbocycles. The lowest BCUT2D eigenvalue weighted by Crippen LogP contribution is -2.11. The molecule has 0 aliphatic rings. The van der Waals surface area contributed by atoms with Gasteiger partial charge in [0.25, 0.3) is 0 Å². The van der Waals surface area contributed by atoms with Crippen LogP contribution in [0.2, 0.25) is 0 Å². The molecule has 1 amide bonds. The van der Waals surface area contributed by atoms with E-state index in [1.54, 1.807) is 19.1 Å². The summed E-state index contributed by atoms with van der Waals surface area (Å²) in [6.07, 6.45) is 0. The maximum Gasteiger partial charge on any atom is 0.338 e. The second kappa shape index (κ2) is 6.53. The Morgan fingerprint density at radius 2 is 1.82 bits per heavy atom. The van der Waals surface area contributed by atoms with Gasteiger partial charge in [-0.2, -0.15) is 0 Å². The van der Waals surface area contributed by atoms with Gasteiger partial charge in [0.05, 0.1) is 17.9 Å². The van der Waals surface area contributed by atoms with Crippen LogP contribution in [0.25, 0.3) is 0 Å². The Morgan fingerprint density at radius 1 is 1.29 bits per heavy atom. The molecule has 0 aromatic heterocycles.